The van der Waals surface area contributed by atoms with Gasteiger partial charge in [0.25, 0.3) is 5.91 Å². The van der Waals surface area contributed by atoms with Crippen LogP contribution in [0.25, 0.3) is 0 Å². The summed E-state index contributed by atoms with van der Waals surface area (Å²) in [6, 6.07) is 6.18. The van der Waals surface area contributed by atoms with Crippen LogP contribution in [0.3, 0.4) is 0 Å². The van der Waals surface area contributed by atoms with E-state index in [1.807, 2.05) is 25.1 Å². The summed E-state index contributed by atoms with van der Waals surface area (Å²) in [5, 5.41) is 9.64. The molecule has 0 aromatic heterocycles. The van der Waals surface area contributed by atoms with Crippen LogP contribution in [0.4, 0.5) is 5.69 Å². The maximum absolute atomic E-state index is 12.3. The van der Waals surface area contributed by atoms with E-state index >= 15 is 0 Å². The van der Waals surface area contributed by atoms with Crippen LogP contribution < -0.4 is 16.0 Å². The van der Waals surface area contributed by atoms with E-state index in [1.54, 1.807) is 7.11 Å². The van der Waals surface area contributed by atoms with E-state index in [1.165, 1.54) is 0 Å². The first-order valence-corrected chi connectivity index (χ1v) is 8.31. The Morgan fingerprint density at radius 1 is 1.12 bits per heavy atom. The third-order valence-corrected chi connectivity index (χ3v) is 4.03. The lowest BCUT2D eigenvalue weighted by Gasteiger charge is -2.21. The number of carbonyl (C=O) groups is 1. The molecule has 1 atom stereocenters. The van der Waals surface area contributed by atoms with Crippen molar-refractivity contribution in [1.29, 1.82) is 0 Å². The lowest BCUT2D eigenvalue weighted by molar-refractivity contribution is 0.0953. The molecule has 3 N–H and O–H groups in total. The van der Waals surface area contributed by atoms with E-state index in [9.17, 15) is 4.79 Å². The molecule has 7 heteroatoms. The molecule has 0 aliphatic carbocycles. The quantitative estimate of drug-likeness (QED) is 0.533. The van der Waals surface area contributed by atoms with Gasteiger partial charge >= 0.3 is 0 Å². The Balaban J connectivity index is 0. The fourth-order valence-electron chi connectivity index (χ4n) is 2.11. The molecule has 0 bridgehead atoms. The van der Waals surface area contributed by atoms with Crippen molar-refractivity contribution >= 4 is 36.4 Å². The number of halogens is 2. The second-order valence-corrected chi connectivity index (χ2v) is 6.15. The van der Waals surface area contributed by atoms with Crippen molar-refractivity contribution in [3.63, 3.8) is 0 Å². The van der Waals surface area contributed by atoms with Gasteiger partial charge in [-0.15, -0.1) is 24.8 Å². The molecule has 0 saturated heterocycles. The van der Waals surface area contributed by atoms with Gasteiger partial charge in [-0.25, -0.2) is 0 Å². The van der Waals surface area contributed by atoms with Gasteiger partial charge in [-0.1, -0.05) is 19.9 Å². The molecule has 1 amide bonds. The molecule has 1 aromatic carbocycles. The predicted octanol–water partition coefficient (Wildman–Crippen LogP) is 3.26. The van der Waals surface area contributed by atoms with E-state index in [-0.39, 0.29) is 30.7 Å². The predicted molar refractivity (Wildman–Crippen MR) is 111 cm³/mol. The van der Waals surface area contributed by atoms with Crippen molar-refractivity contribution in [3.8, 4) is 0 Å². The standard InChI is InChI=1S/C18H31N3O2.2ClH/c1-13(2)15(4)21-17-8-6-7-16(14(17)3)18(22)20-10-9-19-11-12-23-5;;/h6-8,13,15,19,21H,9-12H2,1-5H3,(H,20,22);2*1H. The summed E-state index contributed by atoms with van der Waals surface area (Å²) >= 11 is 0. The molecule has 0 aliphatic heterocycles. The van der Waals surface area contributed by atoms with E-state index in [0.29, 0.717) is 25.1 Å². The Morgan fingerprint density at radius 3 is 2.40 bits per heavy atom. The van der Waals surface area contributed by atoms with Crippen molar-refractivity contribution < 1.29 is 9.53 Å². The number of hydrogen-bond donors (Lipinski definition) is 3. The highest BCUT2D eigenvalue weighted by Gasteiger charge is 2.13. The molecule has 0 heterocycles. The molecule has 1 rings (SSSR count). The Labute approximate surface area is 164 Å². The topological polar surface area (TPSA) is 62.4 Å². The average Bonchev–Trinajstić information content (AvgIpc) is 2.52. The number of amides is 1. The van der Waals surface area contributed by atoms with Crippen LogP contribution in [-0.4, -0.2) is 45.3 Å². The Morgan fingerprint density at radius 2 is 1.80 bits per heavy atom. The minimum Gasteiger partial charge on any atom is -0.383 e. The van der Waals surface area contributed by atoms with Crippen LogP contribution in [0.15, 0.2) is 18.2 Å². The Kier molecular flexibility index (Phi) is 14.9. The maximum Gasteiger partial charge on any atom is 0.251 e. The van der Waals surface area contributed by atoms with E-state index in [0.717, 1.165) is 29.9 Å². The summed E-state index contributed by atoms with van der Waals surface area (Å²) in [7, 11) is 1.67. The van der Waals surface area contributed by atoms with Crippen LogP contribution in [0.1, 0.15) is 36.7 Å². The zero-order chi connectivity index (χ0) is 17.2. The third kappa shape index (κ3) is 9.31. The highest BCUT2D eigenvalue weighted by molar-refractivity contribution is 5.97. The lowest BCUT2D eigenvalue weighted by Crippen LogP contribution is -2.33. The fourth-order valence-corrected chi connectivity index (χ4v) is 2.11. The molecule has 146 valence electrons. The van der Waals surface area contributed by atoms with Crippen molar-refractivity contribution in [3.05, 3.63) is 29.3 Å². The highest BCUT2D eigenvalue weighted by Crippen LogP contribution is 2.21. The number of nitrogens with one attached hydrogen (secondary N) is 3. The van der Waals surface area contributed by atoms with Crippen LogP contribution in [-0.2, 0) is 4.74 Å². The number of methoxy groups -OCH3 is 1. The van der Waals surface area contributed by atoms with Gasteiger partial charge < -0.3 is 20.7 Å². The monoisotopic (exact) mass is 393 g/mol. The fraction of sp³-hybridized carbons (Fsp3) is 0.611. The molecule has 1 aromatic rings. The summed E-state index contributed by atoms with van der Waals surface area (Å²) in [6.45, 7) is 11.3. The minimum atomic E-state index is -0.0307. The largest absolute Gasteiger partial charge is 0.383 e. The van der Waals surface area contributed by atoms with Crippen molar-refractivity contribution in [2.45, 2.75) is 33.7 Å². The summed E-state index contributed by atoms with van der Waals surface area (Å²) < 4.78 is 4.96. The van der Waals surface area contributed by atoms with E-state index in [2.05, 4.69) is 36.7 Å². The van der Waals surface area contributed by atoms with Gasteiger partial charge in [-0.3, -0.25) is 4.79 Å². The normalized spacial score (nSPS) is 11.3. The minimum absolute atomic E-state index is 0. The van der Waals surface area contributed by atoms with Gasteiger partial charge in [0.2, 0.25) is 0 Å². The zero-order valence-electron chi connectivity index (χ0n) is 15.8. The van der Waals surface area contributed by atoms with Crippen LogP contribution in [0.2, 0.25) is 0 Å². The highest BCUT2D eigenvalue weighted by atomic mass is 35.5. The number of ether oxygens (including phenoxy) is 1. The SMILES string of the molecule is COCCNCCNC(=O)c1cccc(NC(C)C(C)C)c1C.Cl.Cl. The number of hydrogen-bond acceptors (Lipinski definition) is 4. The average molecular weight is 394 g/mol. The van der Waals surface area contributed by atoms with Gasteiger partial charge in [0.15, 0.2) is 0 Å². The molecule has 0 spiro atoms. The molecule has 0 saturated carbocycles. The van der Waals surface area contributed by atoms with Gasteiger partial charge in [-0.2, -0.15) is 0 Å². The first kappa shape index (κ1) is 26.2. The number of rotatable bonds is 10. The van der Waals surface area contributed by atoms with Crippen molar-refractivity contribution in [2.75, 3.05) is 38.7 Å². The molecule has 5 nitrogen and oxygen atoms in total. The first-order valence-electron chi connectivity index (χ1n) is 8.31. The molecule has 0 fully saturated rings. The summed E-state index contributed by atoms with van der Waals surface area (Å²) in [4.78, 5) is 12.3. The summed E-state index contributed by atoms with van der Waals surface area (Å²) in [5.74, 6) is 0.502. The molecule has 0 radical (unpaired) electrons. The Hall–Kier alpha value is -1.01. The maximum atomic E-state index is 12.3. The van der Waals surface area contributed by atoms with Gasteiger partial charge in [0.05, 0.1) is 6.61 Å². The van der Waals surface area contributed by atoms with Crippen molar-refractivity contribution in [1.82, 2.24) is 10.6 Å². The second kappa shape index (κ2) is 14.2. The Bertz CT molecular complexity index is 499. The third-order valence-electron chi connectivity index (χ3n) is 4.03. The lowest BCUT2D eigenvalue weighted by atomic mass is 10.0. The van der Waals surface area contributed by atoms with Crippen molar-refractivity contribution in [2.24, 2.45) is 5.92 Å². The summed E-state index contributed by atoms with van der Waals surface area (Å²) in [6.07, 6.45) is 0. The van der Waals surface area contributed by atoms with Gasteiger partial charge in [-0.05, 0) is 37.5 Å². The molecule has 0 aliphatic rings. The molecular formula is C18H33Cl2N3O2. The van der Waals surface area contributed by atoms with Crippen LogP contribution >= 0.6 is 24.8 Å². The number of benzene rings is 1. The van der Waals surface area contributed by atoms with Gasteiger partial charge in [0.1, 0.15) is 0 Å². The van der Waals surface area contributed by atoms with Gasteiger partial charge in [0, 0.05) is 44.0 Å². The number of anilines is 1. The van der Waals surface area contributed by atoms with Crippen LogP contribution in [0, 0.1) is 12.8 Å². The first-order chi connectivity index (χ1) is 11.0. The summed E-state index contributed by atoms with van der Waals surface area (Å²) in [5.41, 5.74) is 2.74. The molecular weight excluding hydrogens is 361 g/mol. The van der Waals surface area contributed by atoms with E-state index < -0.39 is 0 Å². The zero-order valence-corrected chi connectivity index (χ0v) is 17.5. The molecule has 1 unspecified atom stereocenters. The smallest absolute Gasteiger partial charge is 0.251 e. The van der Waals surface area contributed by atoms with Crippen LogP contribution in [0.5, 0.6) is 0 Å². The second-order valence-electron chi connectivity index (χ2n) is 6.15. The molecule has 25 heavy (non-hydrogen) atoms. The van der Waals surface area contributed by atoms with E-state index in [4.69, 9.17) is 4.74 Å². The number of carbonyl (C=O) groups excluding carboxylic acids is 1.